The van der Waals surface area contributed by atoms with E-state index in [0.29, 0.717) is 21.9 Å². The van der Waals surface area contributed by atoms with Crippen molar-refractivity contribution in [2.24, 2.45) is 0 Å². The molecule has 0 heterocycles. The quantitative estimate of drug-likeness (QED) is 0.187. The van der Waals surface area contributed by atoms with Crippen molar-refractivity contribution < 1.29 is 32.8 Å². The van der Waals surface area contributed by atoms with Gasteiger partial charge in [0.1, 0.15) is 0 Å². The van der Waals surface area contributed by atoms with Crippen LogP contribution in [0.5, 0.6) is 0 Å². The Hall–Kier alpha value is -0.168. The first-order valence-electron chi connectivity index (χ1n) is 13.4. The summed E-state index contributed by atoms with van der Waals surface area (Å²) in [5.41, 5.74) is 2.66. The van der Waals surface area contributed by atoms with Gasteiger partial charge in [-0.25, -0.2) is 19.6 Å². The molecule has 0 amide bonds. The van der Waals surface area contributed by atoms with Crippen LogP contribution in [0.4, 0.5) is 0 Å². The summed E-state index contributed by atoms with van der Waals surface area (Å²) in [6.07, 6.45) is 20.1. The molecule has 0 bridgehead atoms. The van der Waals surface area contributed by atoms with Gasteiger partial charge in [0.05, 0.1) is 0 Å². The van der Waals surface area contributed by atoms with Crippen LogP contribution in [0.1, 0.15) is 102 Å². The van der Waals surface area contributed by atoms with Gasteiger partial charge in [0.2, 0.25) is 0 Å². The van der Waals surface area contributed by atoms with Gasteiger partial charge in [-0.1, -0.05) is 0 Å². The third kappa shape index (κ3) is 7.43. The summed E-state index contributed by atoms with van der Waals surface area (Å²) in [5.74, 6) is 0. The zero-order valence-corrected chi connectivity index (χ0v) is 24.5. The van der Waals surface area contributed by atoms with E-state index in [0.717, 1.165) is 5.56 Å². The fraction of sp³-hybridized carbons (Fsp3) is 0.679. The molecular weight excluding hydrogens is 554 g/mol. The molecule has 0 radical (unpaired) electrons. The Morgan fingerprint density at radius 1 is 0.794 bits per heavy atom. The molecular formula is C28H46O3PPdS-. The minimum Gasteiger partial charge on any atom is 0 e. The second kappa shape index (κ2) is 14.5. The van der Waals surface area contributed by atoms with Crippen LogP contribution in [0.3, 0.4) is 0 Å². The maximum Gasteiger partial charge on any atom is 0 e. The zero-order valence-electron chi connectivity index (χ0n) is 21.1. The first-order valence-corrected chi connectivity index (χ1v) is 16.9. The fourth-order valence-electron chi connectivity index (χ4n) is 6.81. The molecule has 3 fully saturated rings. The van der Waals surface area contributed by atoms with Gasteiger partial charge >= 0.3 is 185 Å². The average molecular weight is 600 g/mol. The minimum absolute atomic E-state index is 0. The van der Waals surface area contributed by atoms with Crippen molar-refractivity contribution in [1.29, 1.82) is 0 Å². The predicted molar refractivity (Wildman–Crippen MR) is 144 cm³/mol. The summed E-state index contributed by atoms with van der Waals surface area (Å²) in [6.45, 7) is 8.50. The maximum atomic E-state index is 13.7. The first kappa shape index (κ1) is 30.1. The molecule has 0 atom stereocenters. The van der Waals surface area contributed by atoms with Crippen LogP contribution < -0.4 is 0 Å². The molecule has 0 spiro atoms. The van der Waals surface area contributed by atoms with Crippen LogP contribution in [0.15, 0.2) is 41.8 Å². The van der Waals surface area contributed by atoms with Crippen LogP contribution in [-0.4, -0.2) is 25.4 Å². The van der Waals surface area contributed by atoms with E-state index in [-0.39, 0.29) is 20.4 Å². The minimum atomic E-state index is -3.72. The number of allylic oxidation sites excluding steroid dienone is 1. The largest absolute Gasteiger partial charge is 0 e. The second-order valence-electron chi connectivity index (χ2n) is 10.5. The van der Waals surface area contributed by atoms with Crippen molar-refractivity contribution in [3.63, 3.8) is 0 Å². The Bertz CT molecular complexity index is 776. The maximum absolute atomic E-state index is 13.7. The van der Waals surface area contributed by atoms with E-state index in [9.17, 15) is 8.42 Å². The summed E-state index contributed by atoms with van der Waals surface area (Å²) in [5, 5.41) is 0. The van der Waals surface area contributed by atoms with Crippen LogP contribution in [-0.2, 0) is 34.5 Å². The summed E-state index contributed by atoms with van der Waals surface area (Å²) in [4.78, 5) is 0.368. The SMILES string of the molecule is C=C[CH2-].Cc1ccc(S(=O)(=O)O[PH](C2CCCCC2)(C2CCCCC2)C2CCCCC2)cc1.[Pd]. The molecule has 198 valence electrons. The van der Waals surface area contributed by atoms with Gasteiger partial charge in [0.15, 0.2) is 0 Å². The third-order valence-corrected chi connectivity index (χ3v) is 16.7. The fourth-order valence-corrected chi connectivity index (χ4v) is 16.7. The molecule has 0 saturated heterocycles. The second-order valence-corrected chi connectivity index (χ2v) is 16.7. The van der Waals surface area contributed by atoms with Gasteiger partial charge in [-0.15, -0.1) is 0 Å². The molecule has 3 aliphatic rings. The molecule has 0 aliphatic heterocycles. The van der Waals surface area contributed by atoms with E-state index in [2.05, 4.69) is 13.5 Å². The molecule has 0 aromatic heterocycles. The van der Waals surface area contributed by atoms with E-state index in [1.54, 1.807) is 12.1 Å². The Morgan fingerprint density at radius 2 is 1.12 bits per heavy atom. The zero-order chi connectivity index (χ0) is 23.7. The molecule has 0 N–H and O–H groups in total. The smallest absolute Gasteiger partial charge is 0 e. The number of benzene rings is 1. The molecule has 3 aliphatic carbocycles. The topological polar surface area (TPSA) is 43.4 Å². The normalized spacial score (nSPS) is 21.6. The summed E-state index contributed by atoms with van der Waals surface area (Å²) in [7, 11) is -6.23. The summed E-state index contributed by atoms with van der Waals surface area (Å²) >= 11 is 0. The van der Waals surface area contributed by atoms with Gasteiger partial charge in [-0.05, 0) is 0 Å². The van der Waals surface area contributed by atoms with Gasteiger partial charge in [-0.2, -0.15) is 0 Å². The van der Waals surface area contributed by atoms with Crippen molar-refractivity contribution in [3.8, 4) is 0 Å². The first-order chi connectivity index (χ1) is 15.9. The number of aryl methyl sites for hydroxylation is 1. The van der Waals surface area contributed by atoms with E-state index in [4.69, 9.17) is 3.97 Å². The molecule has 1 aromatic rings. The van der Waals surface area contributed by atoms with Gasteiger partial charge < -0.3 is 0 Å². The molecule has 3 saturated carbocycles. The number of hydrogen-bond donors (Lipinski definition) is 0. The Morgan fingerprint density at radius 3 is 1.44 bits per heavy atom. The molecule has 34 heavy (non-hydrogen) atoms. The summed E-state index contributed by atoms with van der Waals surface area (Å²) < 4.78 is 34.2. The number of rotatable bonds is 6. The Balaban J connectivity index is 0.000000970. The van der Waals surface area contributed by atoms with E-state index < -0.39 is 17.6 Å². The summed E-state index contributed by atoms with van der Waals surface area (Å²) in [6, 6.07) is 7.32. The molecule has 4 rings (SSSR count). The van der Waals surface area contributed by atoms with E-state index in [1.165, 1.54) is 102 Å². The van der Waals surface area contributed by atoms with Crippen molar-refractivity contribution in [3.05, 3.63) is 49.4 Å². The molecule has 6 heteroatoms. The van der Waals surface area contributed by atoms with E-state index in [1.807, 2.05) is 19.1 Å². The van der Waals surface area contributed by atoms with Crippen molar-refractivity contribution in [2.45, 2.75) is 125 Å². The number of hydrogen-bond acceptors (Lipinski definition) is 3. The third-order valence-electron chi connectivity index (χ3n) is 8.29. The standard InChI is InChI=1S/C25H41O3PS.C3H5.Pd/c1-21-17-19-25(20-18-21)30(26,27)28-29(22-11-5-2-6-12-22,23-13-7-3-8-14-23)24-15-9-4-10-16-24;1-3-2;/h17-20,22-24,29H,2-16H2,1H3;3H,1-2H2;/q;-1;. The van der Waals surface area contributed by atoms with Gasteiger partial charge in [0.25, 0.3) is 0 Å². The van der Waals surface area contributed by atoms with Crippen LogP contribution in [0.2, 0.25) is 0 Å². The van der Waals surface area contributed by atoms with Crippen molar-refractivity contribution in [2.75, 3.05) is 0 Å². The van der Waals surface area contributed by atoms with Crippen LogP contribution >= 0.6 is 7.49 Å². The van der Waals surface area contributed by atoms with Gasteiger partial charge in [0, 0.05) is 20.4 Å². The van der Waals surface area contributed by atoms with Crippen LogP contribution in [0.25, 0.3) is 0 Å². The Kier molecular flexibility index (Phi) is 12.9. The molecule has 3 nitrogen and oxygen atoms in total. The van der Waals surface area contributed by atoms with E-state index >= 15 is 0 Å². The Labute approximate surface area is 224 Å². The van der Waals surface area contributed by atoms with Crippen molar-refractivity contribution >= 4 is 17.6 Å². The monoisotopic (exact) mass is 599 g/mol. The molecule has 0 unspecified atom stereocenters. The van der Waals surface area contributed by atoms with Crippen LogP contribution in [0, 0.1) is 13.8 Å². The average Bonchev–Trinajstić information content (AvgIpc) is 2.85. The molecule has 1 aromatic carbocycles. The van der Waals surface area contributed by atoms with Crippen molar-refractivity contribution in [1.82, 2.24) is 0 Å². The predicted octanol–water partition coefficient (Wildman–Crippen LogP) is 8.37. The van der Waals surface area contributed by atoms with Gasteiger partial charge in [-0.3, -0.25) is 0 Å².